The second-order valence-corrected chi connectivity index (χ2v) is 6.34. The van der Waals surface area contributed by atoms with Gasteiger partial charge in [0.2, 0.25) is 0 Å². The largest absolute Gasteiger partial charge is 0.462 e. The number of esters is 1. The number of morpholine rings is 1. The molecule has 0 unspecified atom stereocenters. The number of ether oxygens (including phenoxy) is 2. The zero-order valence-electron chi connectivity index (χ0n) is 15.4. The maximum Gasteiger partial charge on any atom is 0.338 e. The molecule has 3 rings (SSSR count). The van der Waals surface area contributed by atoms with Gasteiger partial charge in [0.05, 0.1) is 25.4 Å². The van der Waals surface area contributed by atoms with E-state index in [-0.39, 0.29) is 5.91 Å². The van der Waals surface area contributed by atoms with Crippen LogP contribution in [0.3, 0.4) is 0 Å². The van der Waals surface area contributed by atoms with E-state index in [0.717, 1.165) is 38.4 Å². The van der Waals surface area contributed by atoms with Crippen molar-refractivity contribution in [2.24, 2.45) is 0 Å². The van der Waals surface area contributed by atoms with Gasteiger partial charge in [0, 0.05) is 30.9 Å². The monoisotopic (exact) mass is 368 g/mol. The Morgan fingerprint density at radius 2 is 1.81 bits per heavy atom. The van der Waals surface area contributed by atoms with Crippen LogP contribution in [0.1, 0.15) is 33.2 Å². The predicted molar refractivity (Wildman–Crippen MR) is 103 cm³/mol. The lowest BCUT2D eigenvalue weighted by molar-refractivity contribution is 0.0342. The summed E-state index contributed by atoms with van der Waals surface area (Å²) in [5, 5.41) is 2.85. The van der Waals surface area contributed by atoms with Crippen molar-refractivity contribution in [3.8, 4) is 0 Å². The van der Waals surface area contributed by atoms with E-state index in [2.05, 4.69) is 10.2 Å². The predicted octanol–water partition coefficient (Wildman–Crippen LogP) is 2.95. The molecule has 6 heteroatoms. The third kappa shape index (κ3) is 5.39. The van der Waals surface area contributed by atoms with Crippen molar-refractivity contribution in [3.63, 3.8) is 0 Å². The quantitative estimate of drug-likeness (QED) is 0.794. The van der Waals surface area contributed by atoms with Crippen LogP contribution in [0.4, 0.5) is 5.69 Å². The highest BCUT2D eigenvalue weighted by Gasteiger charge is 2.13. The van der Waals surface area contributed by atoms with E-state index in [1.54, 1.807) is 37.3 Å². The highest BCUT2D eigenvalue weighted by molar-refractivity contribution is 6.05. The van der Waals surface area contributed by atoms with Gasteiger partial charge < -0.3 is 14.8 Å². The Hall–Kier alpha value is -2.70. The van der Waals surface area contributed by atoms with Crippen molar-refractivity contribution >= 4 is 17.6 Å². The summed E-state index contributed by atoms with van der Waals surface area (Å²) < 4.78 is 10.4. The van der Waals surface area contributed by atoms with Crippen LogP contribution >= 0.6 is 0 Å². The van der Waals surface area contributed by atoms with Crippen LogP contribution in [0.2, 0.25) is 0 Å². The Morgan fingerprint density at radius 3 is 2.59 bits per heavy atom. The molecule has 142 valence electrons. The van der Waals surface area contributed by atoms with Gasteiger partial charge in [-0.25, -0.2) is 4.79 Å². The van der Waals surface area contributed by atoms with E-state index in [0.29, 0.717) is 23.4 Å². The summed E-state index contributed by atoms with van der Waals surface area (Å²) in [7, 11) is 0. The maximum absolute atomic E-state index is 12.6. The number of nitrogens with one attached hydrogen (secondary N) is 1. The molecule has 0 aliphatic carbocycles. The molecule has 1 fully saturated rings. The maximum atomic E-state index is 12.6. The van der Waals surface area contributed by atoms with Gasteiger partial charge in [-0.05, 0) is 42.8 Å². The summed E-state index contributed by atoms with van der Waals surface area (Å²) >= 11 is 0. The van der Waals surface area contributed by atoms with Crippen LogP contribution in [0.25, 0.3) is 0 Å². The van der Waals surface area contributed by atoms with Crippen molar-refractivity contribution < 1.29 is 19.1 Å². The van der Waals surface area contributed by atoms with Crippen molar-refractivity contribution in [1.82, 2.24) is 4.90 Å². The van der Waals surface area contributed by atoms with Crippen molar-refractivity contribution in [1.29, 1.82) is 0 Å². The van der Waals surface area contributed by atoms with Gasteiger partial charge >= 0.3 is 5.97 Å². The van der Waals surface area contributed by atoms with Crippen LogP contribution in [-0.4, -0.2) is 49.7 Å². The average molecular weight is 368 g/mol. The second kappa shape index (κ2) is 9.30. The van der Waals surface area contributed by atoms with Gasteiger partial charge in [-0.3, -0.25) is 9.69 Å². The molecule has 2 aromatic rings. The van der Waals surface area contributed by atoms with Crippen molar-refractivity contribution in [2.75, 3.05) is 38.2 Å². The first-order chi connectivity index (χ1) is 13.2. The van der Waals surface area contributed by atoms with Crippen LogP contribution in [0.5, 0.6) is 0 Å². The number of nitrogens with zero attached hydrogens (tertiary/aromatic N) is 1. The number of hydrogen-bond acceptors (Lipinski definition) is 5. The average Bonchev–Trinajstić information content (AvgIpc) is 2.69. The Bertz CT molecular complexity index is 800. The van der Waals surface area contributed by atoms with Crippen LogP contribution in [0.15, 0.2) is 48.5 Å². The molecule has 1 heterocycles. The molecule has 1 saturated heterocycles. The first-order valence-corrected chi connectivity index (χ1v) is 9.13. The van der Waals surface area contributed by atoms with E-state index in [1.807, 2.05) is 18.2 Å². The molecule has 0 saturated carbocycles. The highest BCUT2D eigenvalue weighted by Crippen LogP contribution is 2.15. The SMILES string of the molecule is CCOC(=O)c1cccc(NC(=O)c2cccc(CN3CCOCC3)c2)c1. The Labute approximate surface area is 159 Å². The number of carbonyl (C=O) groups is 2. The minimum Gasteiger partial charge on any atom is -0.462 e. The summed E-state index contributed by atoms with van der Waals surface area (Å²) in [6.45, 7) is 6.16. The molecule has 0 atom stereocenters. The highest BCUT2D eigenvalue weighted by atomic mass is 16.5. The molecule has 2 aromatic carbocycles. The van der Waals surface area contributed by atoms with Gasteiger partial charge in [-0.1, -0.05) is 18.2 Å². The number of hydrogen-bond donors (Lipinski definition) is 1. The Balaban J connectivity index is 1.66. The summed E-state index contributed by atoms with van der Waals surface area (Å²) in [6, 6.07) is 14.3. The number of rotatable bonds is 6. The molecule has 6 nitrogen and oxygen atoms in total. The number of benzene rings is 2. The lowest BCUT2D eigenvalue weighted by atomic mass is 10.1. The summed E-state index contributed by atoms with van der Waals surface area (Å²) in [6.07, 6.45) is 0. The van der Waals surface area contributed by atoms with Gasteiger partial charge in [-0.15, -0.1) is 0 Å². The molecule has 0 radical (unpaired) electrons. The molecule has 1 N–H and O–H groups in total. The fourth-order valence-electron chi connectivity index (χ4n) is 2.97. The molecular weight excluding hydrogens is 344 g/mol. The molecule has 0 bridgehead atoms. The van der Waals surface area contributed by atoms with E-state index in [4.69, 9.17) is 9.47 Å². The smallest absolute Gasteiger partial charge is 0.338 e. The van der Waals surface area contributed by atoms with E-state index in [9.17, 15) is 9.59 Å². The van der Waals surface area contributed by atoms with E-state index >= 15 is 0 Å². The molecule has 1 aliphatic rings. The van der Waals surface area contributed by atoms with Crippen LogP contribution < -0.4 is 5.32 Å². The first-order valence-electron chi connectivity index (χ1n) is 9.13. The molecule has 0 aromatic heterocycles. The minimum atomic E-state index is -0.402. The summed E-state index contributed by atoms with van der Waals surface area (Å²) in [5.74, 6) is -0.610. The number of amides is 1. The minimum absolute atomic E-state index is 0.208. The van der Waals surface area contributed by atoms with E-state index in [1.165, 1.54) is 0 Å². The van der Waals surface area contributed by atoms with Gasteiger partial charge in [-0.2, -0.15) is 0 Å². The fraction of sp³-hybridized carbons (Fsp3) is 0.333. The molecule has 1 aliphatic heterocycles. The summed E-state index contributed by atoms with van der Waals surface area (Å²) in [4.78, 5) is 26.8. The zero-order chi connectivity index (χ0) is 19.1. The van der Waals surface area contributed by atoms with Crippen LogP contribution in [-0.2, 0) is 16.0 Å². The number of anilines is 1. The first kappa shape index (κ1) is 19.1. The fourth-order valence-corrected chi connectivity index (χ4v) is 2.97. The normalized spacial score (nSPS) is 14.6. The summed E-state index contributed by atoms with van der Waals surface area (Å²) in [5.41, 5.74) is 2.65. The lowest BCUT2D eigenvalue weighted by Gasteiger charge is -2.26. The molecule has 0 spiro atoms. The van der Waals surface area contributed by atoms with Gasteiger partial charge in [0.1, 0.15) is 0 Å². The Morgan fingerprint density at radius 1 is 1.07 bits per heavy atom. The number of carbonyl (C=O) groups excluding carboxylic acids is 2. The standard InChI is InChI=1S/C21H24N2O4/c1-2-27-21(25)18-7-4-8-19(14-18)22-20(24)17-6-3-5-16(13-17)15-23-9-11-26-12-10-23/h3-8,13-14H,2,9-12,15H2,1H3,(H,22,24). The van der Waals surface area contributed by atoms with Crippen molar-refractivity contribution in [2.45, 2.75) is 13.5 Å². The lowest BCUT2D eigenvalue weighted by Crippen LogP contribution is -2.35. The van der Waals surface area contributed by atoms with Crippen molar-refractivity contribution in [3.05, 3.63) is 65.2 Å². The molecule has 1 amide bonds. The molecular formula is C21H24N2O4. The Kier molecular flexibility index (Phi) is 6.57. The van der Waals surface area contributed by atoms with Gasteiger partial charge in [0.25, 0.3) is 5.91 Å². The zero-order valence-corrected chi connectivity index (χ0v) is 15.4. The van der Waals surface area contributed by atoms with Crippen LogP contribution in [0, 0.1) is 0 Å². The third-order valence-corrected chi connectivity index (χ3v) is 4.33. The second-order valence-electron chi connectivity index (χ2n) is 6.34. The molecule has 27 heavy (non-hydrogen) atoms. The topological polar surface area (TPSA) is 67.9 Å². The van der Waals surface area contributed by atoms with E-state index < -0.39 is 5.97 Å². The van der Waals surface area contributed by atoms with Gasteiger partial charge in [0.15, 0.2) is 0 Å². The third-order valence-electron chi connectivity index (χ3n) is 4.33.